The minimum atomic E-state index is -0.123. The van der Waals surface area contributed by atoms with Gasteiger partial charge in [0.1, 0.15) is 10.1 Å². The number of ether oxygens (including phenoxy) is 1. The first-order valence-corrected chi connectivity index (χ1v) is 12.0. The number of hydrogen-bond donors (Lipinski definition) is 1. The summed E-state index contributed by atoms with van der Waals surface area (Å²) >= 11 is 18.7. The van der Waals surface area contributed by atoms with Crippen molar-refractivity contribution in [2.24, 2.45) is 0 Å². The van der Waals surface area contributed by atoms with Gasteiger partial charge in [0, 0.05) is 13.0 Å². The lowest BCUT2D eigenvalue weighted by Crippen LogP contribution is -2.29. The normalized spacial score (nSPS) is 14.8. The van der Waals surface area contributed by atoms with Gasteiger partial charge < -0.3 is 10.1 Å². The number of amides is 2. The topological polar surface area (TPSA) is 58.6 Å². The minimum absolute atomic E-state index is 0.0795. The fraction of sp³-hybridized carbons (Fsp3) is 0.261. The molecule has 32 heavy (non-hydrogen) atoms. The number of anilines is 1. The highest BCUT2D eigenvalue weighted by Crippen LogP contribution is 2.33. The maximum absolute atomic E-state index is 12.7. The summed E-state index contributed by atoms with van der Waals surface area (Å²) < 4.78 is 5.71. The Kier molecular flexibility index (Phi) is 8.99. The molecule has 2 aromatic rings. The van der Waals surface area contributed by atoms with Crippen molar-refractivity contribution in [2.75, 3.05) is 19.0 Å². The van der Waals surface area contributed by atoms with E-state index in [2.05, 4.69) is 5.32 Å². The fourth-order valence-corrected chi connectivity index (χ4v) is 4.75. The zero-order valence-electron chi connectivity index (χ0n) is 17.4. The highest BCUT2D eigenvalue weighted by Gasteiger charge is 2.31. The van der Waals surface area contributed by atoms with E-state index < -0.39 is 0 Å². The van der Waals surface area contributed by atoms with Crippen LogP contribution in [0.1, 0.15) is 31.2 Å². The van der Waals surface area contributed by atoms with Crippen molar-refractivity contribution < 1.29 is 14.3 Å². The molecule has 5 nitrogen and oxygen atoms in total. The minimum Gasteiger partial charge on any atom is -0.497 e. The molecule has 0 unspecified atom stereocenters. The molecule has 3 rings (SSSR count). The summed E-state index contributed by atoms with van der Waals surface area (Å²) in [5, 5.41) is 3.50. The van der Waals surface area contributed by atoms with Crippen LogP contribution in [0.3, 0.4) is 0 Å². The van der Waals surface area contributed by atoms with Crippen LogP contribution in [0.2, 0.25) is 10.0 Å². The van der Waals surface area contributed by atoms with Crippen molar-refractivity contribution in [1.82, 2.24) is 4.90 Å². The van der Waals surface area contributed by atoms with E-state index in [4.69, 9.17) is 40.2 Å². The molecule has 0 saturated carbocycles. The molecule has 0 spiro atoms. The van der Waals surface area contributed by atoms with Gasteiger partial charge in [-0.3, -0.25) is 14.5 Å². The maximum Gasteiger partial charge on any atom is 0.266 e. The first-order chi connectivity index (χ1) is 15.4. The first kappa shape index (κ1) is 24.6. The van der Waals surface area contributed by atoms with E-state index in [1.165, 1.54) is 11.8 Å². The molecule has 0 bridgehead atoms. The van der Waals surface area contributed by atoms with Crippen molar-refractivity contribution in [1.29, 1.82) is 0 Å². The van der Waals surface area contributed by atoms with Crippen LogP contribution >= 0.6 is 47.2 Å². The van der Waals surface area contributed by atoms with Gasteiger partial charge >= 0.3 is 0 Å². The second-order valence-corrected chi connectivity index (χ2v) is 9.53. The van der Waals surface area contributed by atoms with Gasteiger partial charge in [-0.25, -0.2) is 0 Å². The largest absolute Gasteiger partial charge is 0.497 e. The van der Waals surface area contributed by atoms with Crippen molar-refractivity contribution in [3.8, 4) is 5.75 Å². The molecule has 168 valence electrons. The molecule has 9 heteroatoms. The Morgan fingerprint density at radius 3 is 2.62 bits per heavy atom. The number of hydrogen-bond acceptors (Lipinski definition) is 5. The molecular weight excluding hydrogens is 487 g/mol. The highest BCUT2D eigenvalue weighted by atomic mass is 35.5. The summed E-state index contributed by atoms with van der Waals surface area (Å²) in [5.41, 5.74) is 1.42. The number of benzene rings is 2. The van der Waals surface area contributed by atoms with Crippen LogP contribution in [0.5, 0.6) is 5.75 Å². The second-order valence-electron chi connectivity index (χ2n) is 7.07. The Balaban J connectivity index is 1.43. The van der Waals surface area contributed by atoms with E-state index in [9.17, 15) is 9.59 Å². The number of rotatable bonds is 9. The molecule has 1 aliphatic heterocycles. The number of methoxy groups -OCH3 is 1. The van der Waals surface area contributed by atoms with Crippen molar-refractivity contribution in [2.45, 2.75) is 25.7 Å². The van der Waals surface area contributed by atoms with Crippen molar-refractivity contribution in [3.63, 3.8) is 0 Å². The summed E-state index contributed by atoms with van der Waals surface area (Å²) in [6.07, 6.45) is 4.45. The quantitative estimate of drug-likeness (QED) is 0.241. The molecule has 1 aliphatic rings. The molecule has 1 N–H and O–H groups in total. The van der Waals surface area contributed by atoms with Crippen LogP contribution < -0.4 is 10.1 Å². The number of thioether (sulfide) groups is 1. The maximum atomic E-state index is 12.7. The Labute approximate surface area is 207 Å². The third kappa shape index (κ3) is 6.48. The van der Waals surface area contributed by atoms with Gasteiger partial charge in [0.15, 0.2) is 0 Å². The Hall–Kier alpha value is -2.06. The number of carbonyl (C=O) groups excluding carboxylic acids is 2. The zero-order valence-corrected chi connectivity index (χ0v) is 20.5. The summed E-state index contributed by atoms with van der Waals surface area (Å²) in [4.78, 5) is 27.1. The molecule has 1 fully saturated rings. The van der Waals surface area contributed by atoms with Gasteiger partial charge in [-0.15, -0.1) is 0 Å². The van der Waals surface area contributed by atoms with Crippen molar-refractivity contribution >= 4 is 75.1 Å². The lowest BCUT2D eigenvalue weighted by molar-refractivity contribution is -0.122. The number of thiocarbonyl (C=S) groups is 1. The van der Waals surface area contributed by atoms with Crippen LogP contribution in [-0.2, 0) is 9.59 Å². The number of carbonyl (C=O) groups is 2. The average molecular weight is 509 g/mol. The molecule has 2 aromatic carbocycles. The standard InChI is InChI=1S/C23H22Cl2N2O3S2/c1-30-16-11-9-15(10-12-16)14-19-22(29)27(23(31)32-19)13-4-2-3-8-20(28)26-18-7-5-6-17(24)21(18)25/h5-7,9-12,14H,2-4,8,13H2,1H3,(H,26,28)/b19-14-. The molecule has 0 radical (unpaired) electrons. The second kappa shape index (κ2) is 11.7. The van der Waals surface area contributed by atoms with Gasteiger partial charge in [-0.1, -0.05) is 71.8 Å². The van der Waals surface area contributed by atoms with Crippen LogP contribution in [-0.4, -0.2) is 34.7 Å². The van der Waals surface area contributed by atoms with Gasteiger partial charge in [0.05, 0.1) is 27.7 Å². The predicted molar refractivity (Wildman–Crippen MR) is 136 cm³/mol. The lowest BCUT2D eigenvalue weighted by Gasteiger charge is -2.14. The van der Waals surface area contributed by atoms with Crippen LogP contribution in [0.4, 0.5) is 5.69 Å². The lowest BCUT2D eigenvalue weighted by atomic mass is 10.1. The van der Waals surface area contributed by atoms with E-state index in [0.29, 0.717) is 44.3 Å². The molecule has 2 amide bonds. The van der Waals surface area contributed by atoms with E-state index in [-0.39, 0.29) is 11.8 Å². The SMILES string of the molecule is COc1ccc(/C=C2\SC(=S)N(CCCCCC(=O)Nc3cccc(Cl)c3Cl)C2=O)cc1. The molecule has 1 saturated heterocycles. The number of halogens is 2. The van der Waals surface area contributed by atoms with Crippen molar-refractivity contribution in [3.05, 3.63) is 63.0 Å². The van der Waals surface area contributed by atoms with Crippen LogP contribution in [0, 0.1) is 0 Å². The Morgan fingerprint density at radius 1 is 1.16 bits per heavy atom. The molecule has 1 heterocycles. The highest BCUT2D eigenvalue weighted by molar-refractivity contribution is 8.26. The van der Waals surface area contributed by atoms with E-state index in [1.807, 2.05) is 30.3 Å². The summed E-state index contributed by atoms with van der Waals surface area (Å²) in [6.45, 7) is 0.534. The first-order valence-electron chi connectivity index (χ1n) is 10.0. The smallest absolute Gasteiger partial charge is 0.266 e. The van der Waals surface area contributed by atoms with Gasteiger partial charge in [-0.05, 0) is 48.7 Å². The Morgan fingerprint density at radius 2 is 1.91 bits per heavy atom. The average Bonchev–Trinajstić information content (AvgIpc) is 3.04. The van der Waals surface area contributed by atoms with E-state index >= 15 is 0 Å². The number of unbranched alkanes of at least 4 members (excludes halogenated alkanes) is 2. The molecule has 0 atom stereocenters. The molecule has 0 aliphatic carbocycles. The van der Waals surface area contributed by atoms with E-state index in [1.54, 1.807) is 30.2 Å². The summed E-state index contributed by atoms with van der Waals surface area (Å²) in [5.74, 6) is 0.561. The number of nitrogens with zero attached hydrogens (tertiary/aromatic N) is 1. The monoisotopic (exact) mass is 508 g/mol. The molecule has 0 aromatic heterocycles. The third-order valence-corrected chi connectivity index (χ3v) is 7.00. The number of nitrogens with one attached hydrogen (secondary N) is 1. The fourth-order valence-electron chi connectivity index (χ4n) is 3.09. The third-order valence-electron chi connectivity index (χ3n) is 4.80. The van der Waals surface area contributed by atoms with E-state index in [0.717, 1.165) is 24.2 Å². The summed E-state index contributed by atoms with van der Waals surface area (Å²) in [6, 6.07) is 12.6. The Bertz CT molecular complexity index is 1040. The van der Waals surface area contributed by atoms with Crippen LogP contribution in [0.15, 0.2) is 47.4 Å². The zero-order chi connectivity index (χ0) is 23.1. The predicted octanol–water partition coefficient (Wildman–Crippen LogP) is 6.40. The molecular formula is C23H22Cl2N2O3S2. The van der Waals surface area contributed by atoms with Gasteiger partial charge in [-0.2, -0.15) is 0 Å². The van der Waals surface area contributed by atoms with Crippen LogP contribution in [0.25, 0.3) is 6.08 Å². The summed E-state index contributed by atoms with van der Waals surface area (Å²) in [7, 11) is 1.61. The van der Waals surface area contributed by atoms with Gasteiger partial charge in [0.2, 0.25) is 5.91 Å². The van der Waals surface area contributed by atoms with Gasteiger partial charge in [0.25, 0.3) is 5.91 Å².